The number of hydrogen-bond donors (Lipinski definition) is 1. The number of benzene rings is 1. The van der Waals surface area contributed by atoms with E-state index in [4.69, 9.17) is 14.2 Å². The van der Waals surface area contributed by atoms with Crippen molar-refractivity contribution in [3.8, 4) is 5.75 Å². The van der Waals surface area contributed by atoms with Crippen LogP contribution in [0.1, 0.15) is 59.6 Å². The van der Waals surface area contributed by atoms with Crippen molar-refractivity contribution in [2.24, 2.45) is 0 Å². The van der Waals surface area contributed by atoms with Gasteiger partial charge in [-0.25, -0.2) is 4.79 Å². The molecule has 1 amide bonds. The van der Waals surface area contributed by atoms with Crippen LogP contribution in [0.25, 0.3) is 0 Å². The maximum absolute atomic E-state index is 12.2. The monoisotopic (exact) mass is 351 g/mol. The number of amides is 1. The molecule has 1 aromatic carbocycles. The Morgan fingerprint density at radius 1 is 0.960 bits per heavy atom. The summed E-state index contributed by atoms with van der Waals surface area (Å²) in [6, 6.07) is 6.58. The van der Waals surface area contributed by atoms with Crippen LogP contribution < -0.4 is 10.1 Å². The van der Waals surface area contributed by atoms with Gasteiger partial charge in [-0.2, -0.15) is 0 Å². The molecule has 0 aliphatic rings. The first-order chi connectivity index (χ1) is 11.4. The van der Waals surface area contributed by atoms with Gasteiger partial charge in [0.1, 0.15) is 17.0 Å². The smallest absolute Gasteiger partial charge is 0.408 e. The van der Waals surface area contributed by atoms with Crippen LogP contribution in [-0.2, 0) is 14.3 Å². The molecule has 0 saturated heterocycles. The minimum absolute atomic E-state index is 0.00282. The highest BCUT2D eigenvalue weighted by molar-refractivity contribution is 5.73. The highest BCUT2D eigenvalue weighted by Gasteiger charge is 2.25. The molecule has 0 saturated carbocycles. The van der Waals surface area contributed by atoms with Crippen molar-refractivity contribution in [3.05, 3.63) is 29.8 Å². The van der Waals surface area contributed by atoms with Gasteiger partial charge in [-0.1, -0.05) is 12.1 Å². The zero-order valence-electron chi connectivity index (χ0n) is 16.1. The summed E-state index contributed by atoms with van der Waals surface area (Å²) < 4.78 is 15.8. The van der Waals surface area contributed by atoms with Crippen LogP contribution in [0, 0.1) is 0 Å². The Hall–Kier alpha value is -2.24. The molecule has 25 heavy (non-hydrogen) atoms. The number of carbonyl (C=O) groups is 2. The van der Waals surface area contributed by atoms with Gasteiger partial charge in [-0.15, -0.1) is 0 Å². The van der Waals surface area contributed by atoms with Gasteiger partial charge in [0.25, 0.3) is 0 Å². The first-order valence-electron chi connectivity index (χ1n) is 8.25. The van der Waals surface area contributed by atoms with E-state index in [-0.39, 0.29) is 6.42 Å². The summed E-state index contributed by atoms with van der Waals surface area (Å²) in [5, 5.41) is 2.74. The zero-order valence-corrected chi connectivity index (χ0v) is 16.1. The number of carbonyl (C=O) groups excluding carboxylic acids is 2. The molecular weight excluding hydrogens is 322 g/mol. The van der Waals surface area contributed by atoms with Gasteiger partial charge in [0.05, 0.1) is 19.6 Å². The summed E-state index contributed by atoms with van der Waals surface area (Å²) in [4.78, 5) is 24.3. The fourth-order valence-electron chi connectivity index (χ4n) is 2.09. The van der Waals surface area contributed by atoms with Crippen molar-refractivity contribution in [2.75, 3.05) is 7.11 Å². The average Bonchev–Trinajstić information content (AvgIpc) is 2.42. The van der Waals surface area contributed by atoms with Gasteiger partial charge in [0.15, 0.2) is 0 Å². The molecular formula is C19H29NO5. The second kappa shape index (κ2) is 8.23. The number of nitrogens with one attached hydrogen (secondary N) is 1. The molecule has 0 fully saturated rings. The Bertz CT molecular complexity index is 551. The lowest BCUT2D eigenvalue weighted by molar-refractivity contribution is -0.155. The van der Waals surface area contributed by atoms with Crippen LogP contribution in [0.15, 0.2) is 24.3 Å². The van der Waals surface area contributed by atoms with E-state index >= 15 is 0 Å². The largest absolute Gasteiger partial charge is 0.497 e. The molecule has 140 valence electrons. The number of methoxy groups -OCH3 is 1. The van der Waals surface area contributed by atoms with E-state index in [1.807, 2.05) is 0 Å². The molecule has 0 spiro atoms. The molecule has 0 unspecified atom stereocenters. The predicted octanol–water partition coefficient (Wildman–Crippen LogP) is 3.99. The minimum atomic E-state index is -0.625. The number of hydrogen-bond acceptors (Lipinski definition) is 5. The van der Waals surface area contributed by atoms with Gasteiger partial charge in [0.2, 0.25) is 0 Å². The molecule has 0 aliphatic carbocycles. The van der Waals surface area contributed by atoms with Crippen LogP contribution in [0.5, 0.6) is 5.75 Å². The summed E-state index contributed by atoms with van der Waals surface area (Å²) in [6.07, 6.45) is -0.583. The Morgan fingerprint density at radius 3 is 1.92 bits per heavy atom. The van der Waals surface area contributed by atoms with Gasteiger partial charge in [-0.05, 0) is 59.2 Å². The second-order valence-corrected chi connectivity index (χ2v) is 7.76. The van der Waals surface area contributed by atoms with Crippen molar-refractivity contribution in [1.82, 2.24) is 5.32 Å². The standard InChI is InChI=1S/C19H29NO5/c1-18(2,3)24-16(21)12-15(20-17(22)25-19(4,5)6)13-8-10-14(23-7)11-9-13/h8-11,15H,12H2,1-7H3,(H,20,22)/t15-/m0/s1. The van der Waals surface area contributed by atoms with E-state index in [1.54, 1.807) is 72.9 Å². The third-order valence-corrected chi connectivity index (χ3v) is 3.00. The zero-order chi connectivity index (χ0) is 19.3. The van der Waals surface area contributed by atoms with Crippen molar-refractivity contribution in [3.63, 3.8) is 0 Å². The first-order valence-corrected chi connectivity index (χ1v) is 8.25. The highest BCUT2D eigenvalue weighted by atomic mass is 16.6. The second-order valence-electron chi connectivity index (χ2n) is 7.76. The van der Waals surface area contributed by atoms with Crippen LogP contribution in [0.3, 0.4) is 0 Å². The third-order valence-electron chi connectivity index (χ3n) is 3.00. The summed E-state index contributed by atoms with van der Waals surface area (Å²) in [7, 11) is 1.58. The number of ether oxygens (including phenoxy) is 3. The van der Waals surface area contributed by atoms with Gasteiger partial charge in [-0.3, -0.25) is 4.79 Å². The lowest BCUT2D eigenvalue weighted by Crippen LogP contribution is -2.36. The third kappa shape index (κ3) is 8.42. The quantitative estimate of drug-likeness (QED) is 0.812. The lowest BCUT2D eigenvalue weighted by atomic mass is 10.0. The molecule has 6 heteroatoms. The van der Waals surface area contributed by atoms with Crippen LogP contribution in [-0.4, -0.2) is 30.4 Å². The SMILES string of the molecule is COc1ccc([C@H](CC(=O)OC(C)(C)C)NC(=O)OC(C)(C)C)cc1. The van der Waals surface area contributed by atoms with E-state index in [1.165, 1.54) is 0 Å². The Morgan fingerprint density at radius 2 is 1.48 bits per heavy atom. The lowest BCUT2D eigenvalue weighted by Gasteiger charge is -2.25. The molecule has 6 nitrogen and oxygen atoms in total. The fourth-order valence-corrected chi connectivity index (χ4v) is 2.09. The topological polar surface area (TPSA) is 73.9 Å². The first kappa shape index (κ1) is 20.8. The molecule has 1 aromatic rings. The summed E-state index contributed by atoms with van der Waals surface area (Å²) >= 11 is 0. The molecule has 1 atom stereocenters. The summed E-state index contributed by atoms with van der Waals surface area (Å²) in [5.74, 6) is 0.293. The van der Waals surface area contributed by atoms with Gasteiger partial charge >= 0.3 is 12.1 Å². The molecule has 0 bridgehead atoms. The van der Waals surface area contributed by atoms with Crippen molar-refractivity contribution < 1.29 is 23.8 Å². The predicted molar refractivity (Wildman–Crippen MR) is 95.6 cm³/mol. The molecule has 0 radical (unpaired) electrons. The Labute approximate surface area is 149 Å². The van der Waals surface area contributed by atoms with Crippen molar-refractivity contribution in [1.29, 1.82) is 0 Å². The van der Waals surface area contributed by atoms with E-state index < -0.39 is 29.3 Å². The van der Waals surface area contributed by atoms with Crippen LogP contribution >= 0.6 is 0 Å². The maximum Gasteiger partial charge on any atom is 0.408 e. The van der Waals surface area contributed by atoms with E-state index in [0.29, 0.717) is 5.75 Å². The van der Waals surface area contributed by atoms with E-state index in [9.17, 15) is 9.59 Å². The molecule has 1 rings (SSSR count). The number of alkyl carbamates (subject to hydrolysis) is 1. The van der Waals surface area contributed by atoms with E-state index in [2.05, 4.69) is 5.32 Å². The van der Waals surface area contributed by atoms with Gasteiger partial charge < -0.3 is 19.5 Å². The summed E-state index contributed by atoms with van der Waals surface area (Å²) in [6.45, 7) is 10.7. The number of rotatable bonds is 5. The van der Waals surface area contributed by atoms with Gasteiger partial charge in [0, 0.05) is 0 Å². The van der Waals surface area contributed by atoms with Crippen molar-refractivity contribution in [2.45, 2.75) is 65.2 Å². The minimum Gasteiger partial charge on any atom is -0.497 e. The molecule has 1 N–H and O–H groups in total. The van der Waals surface area contributed by atoms with Crippen LogP contribution in [0.2, 0.25) is 0 Å². The average molecular weight is 351 g/mol. The Kier molecular flexibility index (Phi) is 6.85. The molecule has 0 aromatic heterocycles. The Balaban J connectivity index is 2.92. The fraction of sp³-hybridized carbons (Fsp3) is 0.579. The number of esters is 1. The normalized spacial score (nSPS) is 12.9. The molecule has 0 aliphatic heterocycles. The molecule has 0 heterocycles. The van der Waals surface area contributed by atoms with Crippen molar-refractivity contribution >= 4 is 12.1 Å². The highest BCUT2D eigenvalue weighted by Crippen LogP contribution is 2.23. The van der Waals surface area contributed by atoms with E-state index in [0.717, 1.165) is 5.56 Å². The van der Waals surface area contributed by atoms with Crippen LogP contribution in [0.4, 0.5) is 4.79 Å². The summed E-state index contributed by atoms with van der Waals surface area (Å²) in [5.41, 5.74) is -0.453. The maximum atomic E-state index is 12.2.